The lowest BCUT2D eigenvalue weighted by atomic mass is 10.2. The number of carboxylic acid groups (broad SMARTS) is 1. The zero-order valence-corrected chi connectivity index (χ0v) is 14.4. The van der Waals surface area contributed by atoms with Crippen molar-refractivity contribution >= 4 is 63.3 Å². The number of thiophene rings is 1. The number of benzene rings is 1. The Hall–Kier alpha value is -1.96. The minimum Gasteiger partial charge on any atom is -0.545 e. The first kappa shape index (κ1) is 15.9. The molecular formula is C16H10NO3S3-. The number of carbonyl (C=O) groups is 2. The molecule has 3 rings (SSSR count). The Balaban J connectivity index is 1.91. The van der Waals surface area contributed by atoms with Crippen molar-refractivity contribution in [3.8, 4) is 0 Å². The van der Waals surface area contributed by atoms with Crippen molar-refractivity contribution in [2.45, 2.75) is 6.92 Å². The fourth-order valence-corrected chi connectivity index (χ4v) is 4.30. The number of aromatic carboxylic acids is 1. The van der Waals surface area contributed by atoms with Gasteiger partial charge in [-0.2, -0.15) is 0 Å². The van der Waals surface area contributed by atoms with Crippen molar-refractivity contribution in [2.75, 3.05) is 4.90 Å². The minimum atomic E-state index is -1.25. The van der Waals surface area contributed by atoms with Crippen molar-refractivity contribution in [3.05, 3.63) is 56.6 Å². The van der Waals surface area contributed by atoms with E-state index in [9.17, 15) is 14.7 Å². The van der Waals surface area contributed by atoms with Gasteiger partial charge >= 0.3 is 0 Å². The first-order valence-electron chi connectivity index (χ1n) is 6.61. The van der Waals surface area contributed by atoms with Crippen LogP contribution in [0.15, 0.2) is 40.6 Å². The number of carboxylic acids is 1. The second kappa shape index (κ2) is 6.27. The fraction of sp³-hybridized carbons (Fsp3) is 0.0625. The average molecular weight is 360 g/mol. The molecule has 0 saturated carbocycles. The lowest BCUT2D eigenvalue weighted by Gasteiger charge is -2.15. The van der Waals surface area contributed by atoms with E-state index in [2.05, 4.69) is 0 Å². The first-order chi connectivity index (χ1) is 11.0. The highest BCUT2D eigenvalue weighted by molar-refractivity contribution is 8.27. The molecule has 0 radical (unpaired) electrons. The Labute approximate surface area is 146 Å². The van der Waals surface area contributed by atoms with E-state index >= 15 is 0 Å². The summed E-state index contributed by atoms with van der Waals surface area (Å²) in [6, 6.07) is 7.90. The summed E-state index contributed by atoms with van der Waals surface area (Å²) < 4.78 is 0.427. The number of nitrogens with zero attached hydrogens (tertiary/aromatic N) is 1. The Bertz CT molecular complexity index is 837. The lowest BCUT2D eigenvalue weighted by molar-refractivity contribution is -0.255. The molecule has 116 valence electrons. The average Bonchev–Trinajstić information content (AvgIpc) is 3.04. The van der Waals surface area contributed by atoms with Crippen LogP contribution in [0, 0.1) is 6.92 Å². The van der Waals surface area contributed by atoms with Gasteiger partial charge < -0.3 is 9.90 Å². The van der Waals surface area contributed by atoms with E-state index in [1.165, 1.54) is 28.8 Å². The molecule has 0 N–H and O–H groups in total. The van der Waals surface area contributed by atoms with Crippen LogP contribution in [0.5, 0.6) is 0 Å². The van der Waals surface area contributed by atoms with E-state index in [1.54, 1.807) is 23.5 Å². The molecule has 1 saturated heterocycles. The summed E-state index contributed by atoms with van der Waals surface area (Å²) in [5, 5.41) is 12.8. The highest BCUT2D eigenvalue weighted by Gasteiger charge is 2.33. The maximum Gasteiger partial charge on any atom is 0.270 e. The first-order valence-corrected chi connectivity index (χ1v) is 8.71. The van der Waals surface area contributed by atoms with Gasteiger partial charge in [0.15, 0.2) is 4.32 Å². The van der Waals surface area contributed by atoms with Crippen molar-refractivity contribution < 1.29 is 14.7 Å². The Morgan fingerprint density at radius 3 is 2.52 bits per heavy atom. The summed E-state index contributed by atoms with van der Waals surface area (Å²) >= 11 is 8.10. The van der Waals surface area contributed by atoms with Crippen LogP contribution in [-0.2, 0) is 4.79 Å². The standard InChI is InChI=1S/C16H11NO3S3/c1-9-6-7-22-12(9)8-13-14(18)17(16(21)23-13)11-4-2-10(3-5-11)15(19)20/h2-8H,1H3,(H,19,20)/p-1/b13-8-. The number of thioether (sulfide) groups is 1. The number of anilines is 1. The SMILES string of the molecule is Cc1ccsc1/C=C1\SC(=S)N(c2ccc(C(=O)[O-])cc2)C1=O. The molecule has 1 amide bonds. The van der Waals surface area contributed by atoms with E-state index in [1.807, 2.05) is 24.4 Å². The molecule has 0 atom stereocenters. The summed E-state index contributed by atoms with van der Waals surface area (Å²) in [5.41, 5.74) is 1.71. The molecule has 0 bridgehead atoms. The van der Waals surface area contributed by atoms with Crippen LogP contribution < -0.4 is 10.0 Å². The van der Waals surface area contributed by atoms with Crippen LogP contribution in [0.2, 0.25) is 0 Å². The van der Waals surface area contributed by atoms with Crippen LogP contribution in [0.25, 0.3) is 6.08 Å². The quantitative estimate of drug-likeness (QED) is 0.622. The number of aryl methyl sites for hydroxylation is 1. The third kappa shape index (κ3) is 3.08. The summed E-state index contributed by atoms with van der Waals surface area (Å²) in [4.78, 5) is 26.4. The van der Waals surface area contributed by atoms with Crippen LogP contribution in [0.3, 0.4) is 0 Å². The zero-order chi connectivity index (χ0) is 16.6. The number of hydrogen-bond acceptors (Lipinski definition) is 6. The molecule has 2 aromatic rings. The van der Waals surface area contributed by atoms with Gasteiger partial charge in [-0.05, 0) is 47.7 Å². The molecule has 0 aliphatic carbocycles. The van der Waals surface area contributed by atoms with Gasteiger partial charge in [0, 0.05) is 4.88 Å². The summed E-state index contributed by atoms with van der Waals surface area (Å²) in [6.45, 7) is 1.99. The van der Waals surface area contributed by atoms with Crippen LogP contribution in [-0.4, -0.2) is 16.2 Å². The minimum absolute atomic E-state index is 0.0592. The van der Waals surface area contributed by atoms with Gasteiger partial charge in [-0.1, -0.05) is 36.1 Å². The molecule has 4 nitrogen and oxygen atoms in total. The predicted octanol–water partition coefficient (Wildman–Crippen LogP) is 2.83. The summed E-state index contributed by atoms with van der Waals surface area (Å²) in [5.74, 6) is -1.45. The summed E-state index contributed by atoms with van der Waals surface area (Å²) in [6.07, 6.45) is 1.84. The number of carbonyl (C=O) groups excluding carboxylic acids is 2. The Morgan fingerprint density at radius 1 is 1.26 bits per heavy atom. The Kier molecular flexibility index (Phi) is 4.34. The van der Waals surface area contributed by atoms with E-state index in [0.717, 1.165) is 10.4 Å². The molecule has 2 heterocycles. The molecular weight excluding hydrogens is 350 g/mol. The van der Waals surface area contributed by atoms with Crippen molar-refractivity contribution in [2.24, 2.45) is 0 Å². The highest BCUT2D eigenvalue weighted by Crippen LogP contribution is 2.37. The maximum atomic E-state index is 12.6. The van der Waals surface area contributed by atoms with Crippen molar-refractivity contribution in [1.29, 1.82) is 0 Å². The molecule has 0 unspecified atom stereocenters. The number of thiocarbonyl (C=S) groups is 1. The number of rotatable bonds is 3. The van der Waals surface area contributed by atoms with Crippen molar-refractivity contribution in [1.82, 2.24) is 0 Å². The van der Waals surface area contributed by atoms with Crippen LogP contribution in [0.1, 0.15) is 20.8 Å². The van der Waals surface area contributed by atoms with Gasteiger partial charge in [-0.25, -0.2) is 0 Å². The number of amides is 1. The fourth-order valence-electron chi connectivity index (χ4n) is 2.09. The van der Waals surface area contributed by atoms with Gasteiger partial charge in [-0.15, -0.1) is 11.3 Å². The predicted molar refractivity (Wildman–Crippen MR) is 95.5 cm³/mol. The van der Waals surface area contributed by atoms with E-state index in [4.69, 9.17) is 12.2 Å². The van der Waals surface area contributed by atoms with Gasteiger partial charge in [0.2, 0.25) is 0 Å². The molecule has 0 spiro atoms. The van der Waals surface area contributed by atoms with Crippen LogP contribution >= 0.6 is 35.3 Å². The normalized spacial score (nSPS) is 16.4. The molecule has 1 aromatic heterocycles. The second-order valence-electron chi connectivity index (χ2n) is 4.82. The third-order valence-electron chi connectivity index (χ3n) is 3.32. The zero-order valence-electron chi connectivity index (χ0n) is 11.9. The topological polar surface area (TPSA) is 60.4 Å². The monoisotopic (exact) mass is 360 g/mol. The summed E-state index contributed by atoms with van der Waals surface area (Å²) in [7, 11) is 0. The maximum absolute atomic E-state index is 12.6. The smallest absolute Gasteiger partial charge is 0.270 e. The van der Waals surface area contributed by atoms with Gasteiger partial charge in [0.05, 0.1) is 16.6 Å². The van der Waals surface area contributed by atoms with E-state index in [-0.39, 0.29) is 11.5 Å². The van der Waals surface area contributed by atoms with Gasteiger partial charge in [0.25, 0.3) is 5.91 Å². The van der Waals surface area contributed by atoms with Crippen LogP contribution in [0.4, 0.5) is 5.69 Å². The molecule has 1 aliphatic rings. The van der Waals surface area contributed by atoms with Gasteiger partial charge in [-0.3, -0.25) is 9.69 Å². The third-order valence-corrected chi connectivity index (χ3v) is 5.59. The Morgan fingerprint density at radius 2 is 1.96 bits per heavy atom. The molecule has 23 heavy (non-hydrogen) atoms. The molecule has 1 aromatic carbocycles. The van der Waals surface area contributed by atoms with Crippen molar-refractivity contribution in [3.63, 3.8) is 0 Å². The number of hydrogen-bond donors (Lipinski definition) is 0. The van der Waals surface area contributed by atoms with E-state index < -0.39 is 5.97 Å². The largest absolute Gasteiger partial charge is 0.545 e. The molecule has 1 aliphatic heterocycles. The second-order valence-corrected chi connectivity index (χ2v) is 7.44. The van der Waals surface area contributed by atoms with E-state index in [0.29, 0.717) is 14.9 Å². The molecule has 1 fully saturated rings. The highest BCUT2D eigenvalue weighted by atomic mass is 32.2. The molecule has 7 heteroatoms. The lowest BCUT2D eigenvalue weighted by Crippen LogP contribution is -2.28. The van der Waals surface area contributed by atoms with Gasteiger partial charge in [0.1, 0.15) is 0 Å².